The van der Waals surface area contributed by atoms with Gasteiger partial charge in [-0.05, 0) is 77.4 Å². The minimum absolute atomic E-state index is 0.631. The van der Waals surface area contributed by atoms with Crippen molar-refractivity contribution in [2.75, 3.05) is 4.90 Å². The molecule has 0 atom stereocenters. The first-order valence-corrected chi connectivity index (χ1v) is 16.5. The average Bonchev–Trinajstić information content (AvgIpc) is 3.76. The van der Waals surface area contributed by atoms with Crippen molar-refractivity contribution in [2.45, 2.75) is 0 Å². The Kier molecular flexibility index (Phi) is 6.65. The van der Waals surface area contributed by atoms with Gasteiger partial charge in [0, 0.05) is 48.4 Å². The van der Waals surface area contributed by atoms with Gasteiger partial charge in [-0.1, -0.05) is 109 Å². The molecular weight excluding hydrogens is 593 g/mol. The van der Waals surface area contributed by atoms with E-state index in [0.29, 0.717) is 5.89 Å². The highest BCUT2D eigenvalue weighted by molar-refractivity contribution is 7.26. The van der Waals surface area contributed by atoms with Crippen molar-refractivity contribution in [3.8, 4) is 33.7 Å². The number of benzene rings is 7. The van der Waals surface area contributed by atoms with Crippen LogP contribution in [0.1, 0.15) is 0 Å². The third kappa shape index (κ3) is 4.87. The lowest BCUT2D eigenvalue weighted by atomic mass is 10.0. The van der Waals surface area contributed by atoms with Gasteiger partial charge in [-0.3, -0.25) is 0 Å². The van der Waals surface area contributed by atoms with E-state index >= 15 is 0 Å². The van der Waals surface area contributed by atoms with Crippen LogP contribution in [-0.4, -0.2) is 4.98 Å². The summed E-state index contributed by atoms with van der Waals surface area (Å²) in [5.41, 5.74) is 10.5. The number of fused-ring (bicyclic) bond motifs is 4. The molecule has 0 saturated carbocycles. The number of nitrogens with zero attached hydrogens (tertiary/aromatic N) is 2. The van der Waals surface area contributed by atoms with E-state index in [0.717, 1.165) is 44.9 Å². The molecule has 0 fully saturated rings. The summed E-state index contributed by atoms with van der Waals surface area (Å²) in [4.78, 5) is 7.20. The lowest BCUT2D eigenvalue weighted by Crippen LogP contribution is -2.09. The summed E-state index contributed by atoms with van der Waals surface area (Å²) in [5.74, 6) is 0.631. The van der Waals surface area contributed by atoms with E-state index in [4.69, 9.17) is 9.40 Å². The Balaban J connectivity index is 1.08. The fourth-order valence-corrected chi connectivity index (χ4v) is 7.70. The molecule has 0 N–H and O–H groups in total. The standard InChI is InChI=1S/C43H28N2OS/c1-3-11-31(12-4-1)43-44-41-35(16-10-19-39(41)46-43)29-21-25-33(26-22-29)45(32-13-5-2-6-14-32)34-27-23-30(24-28-34)36-17-9-18-38-37-15-7-8-20-40(37)47-42(36)38/h1-28H. The molecule has 0 aliphatic heterocycles. The maximum atomic E-state index is 6.16. The zero-order valence-corrected chi connectivity index (χ0v) is 26.2. The molecule has 2 heterocycles. The molecule has 7 aromatic carbocycles. The van der Waals surface area contributed by atoms with Gasteiger partial charge in [0.15, 0.2) is 5.58 Å². The molecule has 47 heavy (non-hydrogen) atoms. The van der Waals surface area contributed by atoms with Crippen LogP contribution in [0, 0.1) is 0 Å². The maximum absolute atomic E-state index is 6.16. The summed E-state index contributed by atoms with van der Waals surface area (Å²) in [6.07, 6.45) is 0. The van der Waals surface area contributed by atoms with Crippen LogP contribution in [0.5, 0.6) is 0 Å². The maximum Gasteiger partial charge on any atom is 0.227 e. The third-order valence-corrected chi connectivity index (χ3v) is 9.95. The molecular formula is C43H28N2OS. The van der Waals surface area contributed by atoms with Crippen molar-refractivity contribution in [1.29, 1.82) is 0 Å². The van der Waals surface area contributed by atoms with E-state index in [1.165, 1.54) is 31.3 Å². The predicted molar refractivity (Wildman–Crippen MR) is 198 cm³/mol. The van der Waals surface area contributed by atoms with Gasteiger partial charge in [0.25, 0.3) is 0 Å². The molecule has 0 aliphatic carbocycles. The molecule has 0 aliphatic rings. The van der Waals surface area contributed by atoms with E-state index < -0.39 is 0 Å². The second kappa shape index (κ2) is 11.4. The number of anilines is 3. The molecule has 0 bridgehead atoms. The number of hydrogen-bond donors (Lipinski definition) is 0. The van der Waals surface area contributed by atoms with E-state index in [-0.39, 0.29) is 0 Å². The number of para-hydroxylation sites is 2. The Morgan fingerprint density at radius 3 is 1.77 bits per heavy atom. The normalized spacial score (nSPS) is 11.4. The highest BCUT2D eigenvalue weighted by Gasteiger charge is 2.16. The summed E-state index contributed by atoms with van der Waals surface area (Å²) in [7, 11) is 0. The lowest BCUT2D eigenvalue weighted by Gasteiger charge is -2.26. The fraction of sp³-hybridized carbons (Fsp3) is 0. The van der Waals surface area contributed by atoms with E-state index in [9.17, 15) is 0 Å². The van der Waals surface area contributed by atoms with Crippen LogP contribution in [0.4, 0.5) is 17.1 Å². The SMILES string of the molecule is c1ccc(-c2nc3c(-c4ccc(N(c5ccccc5)c5ccc(-c6cccc7c6sc6ccccc67)cc5)cc4)cccc3o2)cc1. The molecule has 0 saturated heterocycles. The van der Waals surface area contributed by atoms with Crippen molar-refractivity contribution in [1.82, 2.24) is 4.98 Å². The monoisotopic (exact) mass is 620 g/mol. The highest BCUT2D eigenvalue weighted by atomic mass is 32.1. The Bertz CT molecular complexity index is 2500. The number of rotatable bonds is 6. The zero-order valence-electron chi connectivity index (χ0n) is 25.4. The second-order valence-electron chi connectivity index (χ2n) is 11.6. The third-order valence-electron chi connectivity index (χ3n) is 8.73. The van der Waals surface area contributed by atoms with Gasteiger partial charge in [0.1, 0.15) is 5.52 Å². The minimum Gasteiger partial charge on any atom is -0.436 e. The molecule has 3 nitrogen and oxygen atoms in total. The van der Waals surface area contributed by atoms with Gasteiger partial charge in [-0.25, -0.2) is 4.98 Å². The molecule has 9 aromatic rings. The van der Waals surface area contributed by atoms with Gasteiger partial charge in [0.2, 0.25) is 5.89 Å². The van der Waals surface area contributed by atoms with Crippen molar-refractivity contribution < 1.29 is 4.42 Å². The van der Waals surface area contributed by atoms with Crippen LogP contribution < -0.4 is 4.90 Å². The van der Waals surface area contributed by atoms with Crippen LogP contribution in [-0.2, 0) is 0 Å². The summed E-state index contributed by atoms with van der Waals surface area (Å²) < 4.78 is 8.81. The Morgan fingerprint density at radius 2 is 1.02 bits per heavy atom. The summed E-state index contributed by atoms with van der Waals surface area (Å²) in [6, 6.07) is 59.7. The first-order valence-electron chi connectivity index (χ1n) is 15.7. The van der Waals surface area contributed by atoms with E-state index in [2.05, 4.69) is 132 Å². The zero-order chi connectivity index (χ0) is 31.2. The first kappa shape index (κ1) is 27.3. The highest BCUT2D eigenvalue weighted by Crippen LogP contribution is 2.42. The smallest absolute Gasteiger partial charge is 0.227 e. The lowest BCUT2D eigenvalue weighted by molar-refractivity contribution is 0.620. The van der Waals surface area contributed by atoms with Gasteiger partial charge < -0.3 is 9.32 Å². The minimum atomic E-state index is 0.631. The quantitative estimate of drug-likeness (QED) is 0.185. The summed E-state index contributed by atoms with van der Waals surface area (Å²) >= 11 is 1.87. The second-order valence-corrected chi connectivity index (χ2v) is 12.6. The predicted octanol–water partition coefficient (Wildman–Crippen LogP) is 12.7. The molecule has 0 unspecified atom stereocenters. The molecule has 0 spiro atoms. The van der Waals surface area contributed by atoms with Gasteiger partial charge in [-0.2, -0.15) is 0 Å². The van der Waals surface area contributed by atoms with Crippen molar-refractivity contribution >= 4 is 59.7 Å². The first-order chi connectivity index (χ1) is 23.3. The van der Waals surface area contributed by atoms with Crippen molar-refractivity contribution in [2.24, 2.45) is 0 Å². The Hall–Kier alpha value is -5.97. The van der Waals surface area contributed by atoms with Crippen LogP contribution in [0.15, 0.2) is 174 Å². The Morgan fingerprint density at radius 1 is 0.447 bits per heavy atom. The van der Waals surface area contributed by atoms with Gasteiger partial charge in [-0.15, -0.1) is 11.3 Å². The molecule has 222 valence electrons. The summed E-state index contributed by atoms with van der Waals surface area (Å²) in [6.45, 7) is 0. The van der Waals surface area contributed by atoms with E-state index in [1.807, 2.05) is 53.8 Å². The molecule has 4 heteroatoms. The summed E-state index contributed by atoms with van der Waals surface area (Å²) in [5, 5.41) is 2.64. The van der Waals surface area contributed by atoms with E-state index in [1.54, 1.807) is 0 Å². The molecule has 0 radical (unpaired) electrons. The number of thiophene rings is 1. The molecule has 2 aromatic heterocycles. The number of hydrogen-bond acceptors (Lipinski definition) is 4. The number of oxazole rings is 1. The van der Waals surface area contributed by atoms with Crippen LogP contribution in [0.2, 0.25) is 0 Å². The number of aromatic nitrogens is 1. The average molecular weight is 621 g/mol. The van der Waals surface area contributed by atoms with Crippen molar-refractivity contribution in [3.05, 3.63) is 170 Å². The fourth-order valence-electron chi connectivity index (χ4n) is 6.46. The van der Waals surface area contributed by atoms with Crippen molar-refractivity contribution in [3.63, 3.8) is 0 Å². The molecule has 0 amide bonds. The largest absolute Gasteiger partial charge is 0.436 e. The van der Waals surface area contributed by atoms with Crippen LogP contribution >= 0.6 is 11.3 Å². The topological polar surface area (TPSA) is 29.3 Å². The Labute approximate surface area is 276 Å². The molecule has 9 rings (SSSR count). The van der Waals surface area contributed by atoms with Crippen LogP contribution in [0.3, 0.4) is 0 Å². The van der Waals surface area contributed by atoms with Gasteiger partial charge in [0.05, 0.1) is 0 Å². The van der Waals surface area contributed by atoms with Gasteiger partial charge >= 0.3 is 0 Å². The van der Waals surface area contributed by atoms with Crippen LogP contribution in [0.25, 0.3) is 65.0 Å².